The van der Waals surface area contributed by atoms with Crippen LogP contribution in [0, 0.1) is 5.92 Å². The fourth-order valence-corrected chi connectivity index (χ4v) is 2.67. The highest BCUT2D eigenvalue weighted by Crippen LogP contribution is 2.27. The van der Waals surface area contributed by atoms with E-state index in [4.69, 9.17) is 5.84 Å². The lowest BCUT2D eigenvalue weighted by Crippen LogP contribution is -2.28. The molecule has 2 atom stereocenters. The van der Waals surface area contributed by atoms with Crippen molar-refractivity contribution in [2.75, 3.05) is 28.7 Å². The summed E-state index contributed by atoms with van der Waals surface area (Å²) in [4.78, 5) is 15.2. The van der Waals surface area contributed by atoms with Crippen LogP contribution in [0.2, 0.25) is 0 Å². The Morgan fingerprint density at radius 1 is 1.15 bits per heavy atom. The van der Waals surface area contributed by atoms with Gasteiger partial charge in [0.05, 0.1) is 0 Å². The Hall–Kier alpha value is -1.63. The van der Waals surface area contributed by atoms with Gasteiger partial charge in [-0.15, -0.1) is 0 Å². The second-order valence-electron chi connectivity index (χ2n) is 5.26. The molecule has 7 nitrogen and oxygen atoms in total. The summed E-state index contributed by atoms with van der Waals surface area (Å²) in [6, 6.07) is 0.438. The van der Waals surface area contributed by atoms with Crippen molar-refractivity contribution in [2.24, 2.45) is 11.8 Å². The highest BCUT2D eigenvalue weighted by molar-refractivity contribution is 5.43. The number of hydrazine groups is 1. The van der Waals surface area contributed by atoms with Gasteiger partial charge in [-0.1, -0.05) is 13.3 Å². The Labute approximate surface area is 120 Å². The van der Waals surface area contributed by atoms with Crippen LogP contribution in [0.3, 0.4) is 0 Å². The molecule has 2 rings (SSSR count). The minimum absolute atomic E-state index is 0.398. The predicted octanol–water partition coefficient (Wildman–Crippen LogP) is 1.60. The molecule has 0 amide bonds. The lowest BCUT2D eigenvalue weighted by atomic mass is 10.1. The first kappa shape index (κ1) is 14.8. The van der Waals surface area contributed by atoms with Crippen molar-refractivity contribution in [3.63, 3.8) is 0 Å². The Kier molecular flexibility index (Phi) is 4.94. The quantitative estimate of drug-likeness (QED) is 0.538. The highest BCUT2D eigenvalue weighted by Gasteiger charge is 2.24. The predicted molar refractivity (Wildman–Crippen MR) is 81.6 cm³/mol. The molecule has 1 aliphatic carbocycles. The summed E-state index contributed by atoms with van der Waals surface area (Å²) in [5, 5.41) is 3.42. The van der Waals surface area contributed by atoms with E-state index in [1.165, 1.54) is 19.3 Å². The molecule has 1 aromatic rings. The third-order valence-corrected chi connectivity index (χ3v) is 3.97. The van der Waals surface area contributed by atoms with E-state index in [0.717, 1.165) is 13.1 Å². The van der Waals surface area contributed by atoms with Crippen LogP contribution in [-0.2, 0) is 0 Å². The molecule has 20 heavy (non-hydrogen) atoms. The molecular formula is C13H25N7. The van der Waals surface area contributed by atoms with Crippen LogP contribution in [0.25, 0.3) is 0 Å². The molecule has 0 aliphatic heterocycles. The minimum atomic E-state index is 0.398. The lowest BCUT2D eigenvalue weighted by molar-refractivity contribution is 0.552. The minimum Gasteiger partial charge on any atom is -0.351 e. The van der Waals surface area contributed by atoms with Gasteiger partial charge in [0.1, 0.15) is 0 Å². The van der Waals surface area contributed by atoms with E-state index in [-0.39, 0.29) is 0 Å². The Morgan fingerprint density at radius 3 is 2.40 bits per heavy atom. The molecule has 112 valence electrons. The SMILES string of the molecule is CCN(CC)c1nc(NN)nc(NC2CCCC2C)n1. The third-order valence-electron chi connectivity index (χ3n) is 3.97. The van der Waals surface area contributed by atoms with E-state index in [2.05, 4.69) is 51.4 Å². The van der Waals surface area contributed by atoms with Gasteiger partial charge < -0.3 is 10.2 Å². The summed E-state index contributed by atoms with van der Waals surface area (Å²) < 4.78 is 0. The smallest absolute Gasteiger partial charge is 0.243 e. The van der Waals surface area contributed by atoms with Gasteiger partial charge in [-0.05, 0) is 32.6 Å². The maximum absolute atomic E-state index is 5.46. The average molecular weight is 279 g/mol. The summed E-state index contributed by atoms with van der Waals surface area (Å²) in [7, 11) is 0. The van der Waals surface area contributed by atoms with Crippen molar-refractivity contribution in [2.45, 2.75) is 46.1 Å². The second-order valence-corrected chi connectivity index (χ2v) is 5.26. The summed E-state index contributed by atoms with van der Waals surface area (Å²) in [6.07, 6.45) is 3.68. The molecule has 1 aromatic heterocycles. The number of rotatable bonds is 6. The van der Waals surface area contributed by atoms with Crippen LogP contribution in [-0.4, -0.2) is 34.1 Å². The first-order chi connectivity index (χ1) is 9.67. The van der Waals surface area contributed by atoms with Crippen LogP contribution in [0.4, 0.5) is 17.8 Å². The highest BCUT2D eigenvalue weighted by atomic mass is 15.4. The maximum Gasteiger partial charge on any atom is 0.243 e. The Morgan fingerprint density at radius 2 is 1.85 bits per heavy atom. The molecule has 0 saturated heterocycles. The van der Waals surface area contributed by atoms with Crippen molar-refractivity contribution in [3.8, 4) is 0 Å². The van der Waals surface area contributed by atoms with Crippen LogP contribution in [0.15, 0.2) is 0 Å². The molecule has 7 heteroatoms. The van der Waals surface area contributed by atoms with Crippen molar-refractivity contribution in [3.05, 3.63) is 0 Å². The normalized spacial score (nSPS) is 21.8. The molecule has 0 radical (unpaired) electrons. The molecule has 2 unspecified atom stereocenters. The molecule has 1 fully saturated rings. The summed E-state index contributed by atoms with van der Waals surface area (Å²) >= 11 is 0. The maximum atomic E-state index is 5.46. The third kappa shape index (κ3) is 3.27. The van der Waals surface area contributed by atoms with Crippen LogP contribution in [0.1, 0.15) is 40.0 Å². The zero-order valence-electron chi connectivity index (χ0n) is 12.6. The van der Waals surface area contributed by atoms with Crippen molar-refractivity contribution in [1.29, 1.82) is 0 Å². The van der Waals surface area contributed by atoms with E-state index in [1.54, 1.807) is 0 Å². The number of hydrogen-bond donors (Lipinski definition) is 3. The van der Waals surface area contributed by atoms with Crippen LogP contribution < -0.4 is 21.5 Å². The van der Waals surface area contributed by atoms with Gasteiger partial charge >= 0.3 is 0 Å². The van der Waals surface area contributed by atoms with Crippen molar-refractivity contribution in [1.82, 2.24) is 15.0 Å². The first-order valence-electron chi connectivity index (χ1n) is 7.42. The van der Waals surface area contributed by atoms with Gasteiger partial charge in [0.25, 0.3) is 0 Å². The van der Waals surface area contributed by atoms with Gasteiger partial charge in [0, 0.05) is 19.1 Å². The van der Waals surface area contributed by atoms with E-state index in [1.807, 2.05) is 0 Å². The first-order valence-corrected chi connectivity index (χ1v) is 7.42. The van der Waals surface area contributed by atoms with Gasteiger partial charge in [-0.2, -0.15) is 15.0 Å². The van der Waals surface area contributed by atoms with Gasteiger partial charge in [-0.3, -0.25) is 5.43 Å². The molecule has 4 N–H and O–H groups in total. The zero-order valence-corrected chi connectivity index (χ0v) is 12.6. The Balaban J connectivity index is 2.21. The topological polar surface area (TPSA) is 92.0 Å². The molecular weight excluding hydrogens is 254 g/mol. The van der Waals surface area contributed by atoms with Crippen molar-refractivity contribution >= 4 is 17.8 Å². The number of hydrogen-bond acceptors (Lipinski definition) is 7. The van der Waals surface area contributed by atoms with E-state index in [9.17, 15) is 0 Å². The molecule has 0 aromatic carbocycles. The number of anilines is 3. The Bertz CT molecular complexity index is 433. The monoisotopic (exact) mass is 279 g/mol. The molecule has 0 bridgehead atoms. The number of nitrogens with zero attached hydrogens (tertiary/aromatic N) is 4. The van der Waals surface area contributed by atoms with Gasteiger partial charge in [-0.25, -0.2) is 5.84 Å². The average Bonchev–Trinajstić information content (AvgIpc) is 2.85. The number of nitrogen functional groups attached to an aromatic ring is 1. The number of nitrogens with two attached hydrogens (primary N) is 1. The van der Waals surface area contributed by atoms with Crippen LogP contribution >= 0.6 is 0 Å². The number of aromatic nitrogens is 3. The van der Waals surface area contributed by atoms with E-state index in [0.29, 0.717) is 29.8 Å². The lowest BCUT2D eigenvalue weighted by Gasteiger charge is -2.21. The zero-order chi connectivity index (χ0) is 14.5. The molecule has 1 heterocycles. The fraction of sp³-hybridized carbons (Fsp3) is 0.769. The van der Waals surface area contributed by atoms with Crippen LogP contribution in [0.5, 0.6) is 0 Å². The van der Waals surface area contributed by atoms with Gasteiger partial charge in [0.2, 0.25) is 17.8 Å². The number of nitrogens with one attached hydrogen (secondary N) is 2. The second kappa shape index (κ2) is 6.69. The largest absolute Gasteiger partial charge is 0.351 e. The summed E-state index contributed by atoms with van der Waals surface area (Å²) in [6.45, 7) is 8.12. The van der Waals surface area contributed by atoms with E-state index < -0.39 is 0 Å². The van der Waals surface area contributed by atoms with Gasteiger partial charge in [0.15, 0.2) is 0 Å². The van der Waals surface area contributed by atoms with Crippen molar-refractivity contribution < 1.29 is 0 Å². The molecule has 0 spiro atoms. The summed E-state index contributed by atoms with van der Waals surface area (Å²) in [5.41, 5.74) is 2.52. The summed E-state index contributed by atoms with van der Waals surface area (Å²) in [5.74, 6) is 7.77. The standard InChI is InChI=1S/C13H25N7/c1-4-20(5-2)13-17-11(16-12(18-13)19-14)15-10-8-6-7-9(10)3/h9-10H,4-8,14H2,1-3H3,(H2,15,16,17,18,19). The molecule has 1 saturated carbocycles. The molecule has 1 aliphatic rings. The fourth-order valence-electron chi connectivity index (χ4n) is 2.67. The van der Waals surface area contributed by atoms with E-state index >= 15 is 0 Å².